The van der Waals surface area contributed by atoms with Crippen molar-refractivity contribution in [3.05, 3.63) is 107 Å². The molecule has 2 unspecified atom stereocenters. The van der Waals surface area contributed by atoms with Gasteiger partial charge in [0.15, 0.2) is 0 Å². The number of carbonyl (C=O) groups is 3. The van der Waals surface area contributed by atoms with Gasteiger partial charge in [0.1, 0.15) is 17.7 Å². The van der Waals surface area contributed by atoms with E-state index in [0.29, 0.717) is 17.5 Å². The number of nitrogens with zero attached hydrogens (tertiary/aromatic N) is 1. The maximum absolute atomic E-state index is 14.7. The molecule has 0 spiro atoms. The van der Waals surface area contributed by atoms with Crippen molar-refractivity contribution in [3.8, 4) is 12.3 Å². The molecule has 7 nitrogen and oxygen atoms in total. The topological polar surface area (TPSA) is 87.7 Å². The lowest BCUT2D eigenvalue weighted by atomic mass is 9.91. The van der Waals surface area contributed by atoms with Crippen LogP contribution in [-0.2, 0) is 27.3 Å². The molecular weight excluding hydrogens is 538 g/mol. The van der Waals surface area contributed by atoms with Gasteiger partial charge in [-0.05, 0) is 69.9 Å². The summed E-state index contributed by atoms with van der Waals surface area (Å²) in [5.74, 6) is 1.86. The number of hydrogen-bond donors (Lipinski definition) is 2. The molecule has 0 aliphatic carbocycles. The highest BCUT2D eigenvalue weighted by Crippen LogP contribution is 2.33. The summed E-state index contributed by atoms with van der Waals surface area (Å²) < 4.78 is 5.53. The predicted molar refractivity (Wildman–Crippen MR) is 170 cm³/mol. The van der Waals surface area contributed by atoms with Crippen molar-refractivity contribution < 1.29 is 19.1 Å². The number of amides is 3. The zero-order valence-electron chi connectivity index (χ0n) is 26.0. The van der Waals surface area contributed by atoms with Gasteiger partial charge < -0.3 is 20.3 Å². The number of ether oxygens (including phenoxy) is 1. The van der Waals surface area contributed by atoms with E-state index in [0.717, 1.165) is 11.1 Å². The van der Waals surface area contributed by atoms with Crippen molar-refractivity contribution in [2.45, 2.75) is 84.2 Å². The Kier molecular flexibility index (Phi) is 11.1. The third-order valence-electron chi connectivity index (χ3n) is 7.24. The van der Waals surface area contributed by atoms with Crippen LogP contribution < -0.4 is 10.6 Å². The van der Waals surface area contributed by atoms with Crippen LogP contribution in [0.5, 0.6) is 0 Å². The van der Waals surface area contributed by atoms with Crippen LogP contribution in [0.15, 0.2) is 84.9 Å². The largest absolute Gasteiger partial charge is 0.444 e. The molecule has 0 fully saturated rings. The molecule has 0 heterocycles. The Balaban J connectivity index is 2.09. The Morgan fingerprint density at radius 1 is 0.860 bits per heavy atom. The molecule has 2 N–H and O–H groups in total. The van der Waals surface area contributed by atoms with Gasteiger partial charge >= 0.3 is 6.09 Å². The first-order valence-electron chi connectivity index (χ1n) is 14.6. The fourth-order valence-electron chi connectivity index (χ4n) is 4.67. The Labute approximate surface area is 256 Å². The third-order valence-corrected chi connectivity index (χ3v) is 7.24. The summed E-state index contributed by atoms with van der Waals surface area (Å²) in [7, 11) is 0. The van der Waals surface area contributed by atoms with E-state index in [-0.39, 0.29) is 18.9 Å². The fraction of sp³-hybridized carbons (Fsp3) is 0.361. The fourth-order valence-corrected chi connectivity index (χ4v) is 4.67. The Morgan fingerprint density at radius 3 is 1.93 bits per heavy atom. The zero-order chi connectivity index (χ0) is 31.6. The first-order valence-corrected chi connectivity index (χ1v) is 14.6. The highest BCUT2D eigenvalue weighted by Gasteiger charge is 2.43. The molecule has 3 aromatic carbocycles. The smallest absolute Gasteiger partial charge is 0.408 e. The van der Waals surface area contributed by atoms with Crippen LogP contribution in [0.4, 0.5) is 4.79 Å². The average molecular weight is 582 g/mol. The lowest BCUT2D eigenvalue weighted by molar-refractivity contribution is -0.149. The van der Waals surface area contributed by atoms with Crippen LogP contribution in [0.2, 0.25) is 0 Å². The summed E-state index contributed by atoms with van der Waals surface area (Å²) >= 11 is 0. The quantitative estimate of drug-likeness (QED) is 0.265. The van der Waals surface area contributed by atoms with Gasteiger partial charge in [-0.3, -0.25) is 9.59 Å². The maximum Gasteiger partial charge on any atom is 0.408 e. The minimum absolute atomic E-state index is 0.212. The van der Waals surface area contributed by atoms with Crippen molar-refractivity contribution in [2.75, 3.05) is 0 Å². The highest BCUT2D eigenvalue weighted by atomic mass is 16.6. The van der Waals surface area contributed by atoms with E-state index in [2.05, 4.69) is 16.6 Å². The lowest BCUT2D eigenvalue weighted by Gasteiger charge is -2.44. The van der Waals surface area contributed by atoms with Crippen LogP contribution in [0.25, 0.3) is 0 Å². The van der Waals surface area contributed by atoms with Crippen LogP contribution in [0.3, 0.4) is 0 Å². The van der Waals surface area contributed by atoms with Gasteiger partial charge in [-0.15, -0.1) is 6.42 Å². The first kappa shape index (κ1) is 32.9. The summed E-state index contributed by atoms with van der Waals surface area (Å²) in [4.78, 5) is 43.4. The van der Waals surface area contributed by atoms with Gasteiger partial charge in [0.05, 0.1) is 0 Å². The monoisotopic (exact) mass is 581 g/mol. The van der Waals surface area contributed by atoms with Crippen LogP contribution >= 0.6 is 0 Å². The molecule has 3 aromatic rings. The molecule has 0 saturated carbocycles. The van der Waals surface area contributed by atoms with Crippen molar-refractivity contribution in [2.24, 2.45) is 0 Å². The van der Waals surface area contributed by atoms with Gasteiger partial charge in [0.25, 0.3) is 0 Å². The molecule has 0 saturated heterocycles. The van der Waals surface area contributed by atoms with Crippen molar-refractivity contribution in [1.29, 1.82) is 0 Å². The number of rotatable bonds is 11. The summed E-state index contributed by atoms with van der Waals surface area (Å²) in [5, 5.41) is 5.84. The minimum Gasteiger partial charge on any atom is -0.444 e. The van der Waals surface area contributed by atoms with Gasteiger partial charge in [-0.1, -0.05) is 85.6 Å². The zero-order valence-corrected chi connectivity index (χ0v) is 26.0. The predicted octanol–water partition coefficient (Wildman–Crippen LogP) is 6.18. The van der Waals surface area contributed by atoms with E-state index in [4.69, 9.17) is 11.2 Å². The van der Waals surface area contributed by atoms with Crippen LogP contribution in [0.1, 0.15) is 76.3 Å². The molecule has 3 rings (SSSR count). The van der Waals surface area contributed by atoms with Crippen molar-refractivity contribution in [3.63, 3.8) is 0 Å². The summed E-state index contributed by atoms with van der Waals surface area (Å²) in [5.41, 5.74) is 1.52. The Hall–Kier alpha value is -4.57. The second-order valence-electron chi connectivity index (χ2n) is 12.1. The molecule has 2 atom stereocenters. The van der Waals surface area contributed by atoms with E-state index in [1.165, 1.54) is 0 Å². The van der Waals surface area contributed by atoms with E-state index < -0.39 is 35.2 Å². The third kappa shape index (κ3) is 9.47. The molecular formula is C36H43N3O4. The Morgan fingerprint density at radius 2 is 1.42 bits per heavy atom. The number of alkyl carbamates (subject to hydrolysis) is 1. The molecule has 7 heteroatoms. The molecule has 0 aliphatic heterocycles. The maximum atomic E-state index is 14.7. The van der Waals surface area contributed by atoms with E-state index in [1.807, 2.05) is 81.4 Å². The normalized spacial score (nSPS) is 12.8. The second kappa shape index (κ2) is 14.6. The number of hydrogen-bond acceptors (Lipinski definition) is 4. The Bertz CT molecular complexity index is 1400. The van der Waals surface area contributed by atoms with Gasteiger partial charge in [0.2, 0.25) is 11.8 Å². The van der Waals surface area contributed by atoms with Gasteiger partial charge in [0, 0.05) is 24.1 Å². The van der Waals surface area contributed by atoms with Crippen LogP contribution in [0, 0.1) is 12.3 Å². The number of terminal acetylenes is 1. The summed E-state index contributed by atoms with van der Waals surface area (Å²) in [6.45, 7) is 11.4. The molecule has 0 aromatic heterocycles. The molecule has 226 valence electrons. The van der Waals surface area contributed by atoms with Gasteiger partial charge in [-0.2, -0.15) is 0 Å². The minimum atomic E-state index is -1.00. The average Bonchev–Trinajstić information content (AvgIpc) is 2.98. The molecule has 3 amide bonds. The molecule has 0 radical (unpaired) electrons. The van der Waals surface area contributed by atoms with Crippen molar-refractivity contribution in [1.82, 2.24) is 15.5 Å². The van der Waals surface area contributed by atoms with Gasteiger partial charge in [-0.25, -0.2) is 4.79 Å². The number of nitrogens with one attached hydrogen (secondary N) is 2. The van der Waals surface area contributed by atoms with Crippen molar-refractivity contribution >= 4 is 17.9 Å². The molecule has 0 aliphatic rings. The highest BCUT2D eigenvalue weighted by molar-refractivity contribution is 5.93. The van der Waals surface area contributed by atoms with E-state index >= 15 is 0 Å². The van der Waals surface area contributed by atoms with E-state index in [9.17, 15) is 14.4 Å². The standard InChI is InChI=1S/C36H43N3O4/c1-8-26-20-22-29(23-21-26)31(32(40)37-25-28-18-14-11-15-19-28)39(36(6,7)9-2)33(41)30(24-27-16-12-10-13-17-27)38-34(42)43-35(3,4)5/h1,10-23,30-31H,9,24-25H2,2-7H3,(H,37,40)(H,38,42). The van der Waals surface area contributed by atoms with Crippen LogP contribution in [-0.4, -0.2) is 40.0 Å². The first-order chi connectivity index (χ1) is 20.3. The summed E-state index contributed by atoms with van der Waals surface area (Å²) in [6.07, 6.45) is 5.66. The lowest BCUT2D eigenvalue weighted by Crippen LogP contribution is -2.59. The number of benzene rings is 3. The summed E-state index contributed by atoms with van der Waals surface area (Å²) in [6, 6.07) is 24.1. The SMILES string of the molecule is C#Cc1ccc(C(C(=O)NCc2ccccc2)N(C(=O)C(Cc2ccccc2)NC(=O)OC(C)(C)C)C(C)(C)CC)cc1. The molecule has 43 heavy (non-hydrogen) atoms. The second-order valence-corrected chi connectivity index (χ2v) is 12.1. The van der Waals surface area contributed by atoms with E-state index in [1.54, 1.807) is 49.9 Å². The number of carbonyl (C=O) groups excluding carboxylic acids is 3. The molecule has 0 bridgehead atoms.